The van der Waals surface area contributed by atoms with E-state index in [9.17, 15) is 4.79 Å². The predicted octanol–water partition coefficient (Wildman–Crippen LogP) is 3.93. The summed E-state index contributed by atoms with van der Waals surface area (Å²) < 4.78 is 6.20. The Morgan fingerprint density at radius 2 is 1.55 bits per heavy atom. The molecule has 0 aromatic heterocycles. The number of hydrogen-bond acceptors (Lipinski definition) is 2. The minimum atomic E-state index is -0.265. The quantitative estimate of drug-likeness (QED) is 0.235. The highest BCUT2D eigenvalue weighted by atomic mass is 16.5. The van der Waals surface area contributed by atoms with Crippen molar-refractivity contribution in [2.75, 3.05) is 33.8 Å². The molecule has 0 N–H and O–H groups in total. The first-order valence-electron chi connectivity index (χ1n) is 8.03. The molecule has 118 valence electrons. The van der Waals surface area contributed by atoms with Crippen LogP contribution < -0.4 is 0 Å². The van der Waals surface area contributed by atoms with Crippen LogP contribution in [0.4, 0.5) is 0 Å². The molecule has 0 aliphatic heterocycles. The summed E-state index contributed by atoms with van der Waals surface area (Å²) in [4.78, 5) is 11.2. The van der Waals surface area contributed by atoms with Crippen molar-refractivity contribution in [2.24, 2.45) is 0 Å². The standard InChI is InChI=1S/C17H34NO2/c1-6-7-10-13-18(4,5)14-11-8-9-12-15-20-17(19)16(2)3/h2,6-15H2,1,3-5H3/q+1. The molecule has 0 aliphatic rings. The van der Waals surface area contributed by atoms with Crippen molar-refractivity contribution in [1.82, 2.24) is 0 Å². The van der Waals surface area contributed by atoms with E-state index in [2.05, 4.69) is 27.6 Å². The van der Waals surface area contributed by atoms with E-state index in [4.69, 9.17) is 4.74 Å². The topological polar surface area (TPSA) is 26.3 Å². The van der Waals surface area contributed by atoms with Crippen molar-refractivity contribution < 1.29 is 14.0 Å². The van der Waals surface area contributed by atoms with Crippen molar-refractivity contribution in [3.8, 4) is 0 Å². The predicted molar refractivity (Wildman–Crippen MR) is 85.6 cm³/mol. The number of carbonyl (C=O) groups excluding carboxylic acids is 1. The minimum absolute atomic E-state index is 0.265. The van der Waals surface area contributed by atoms with Gasteiger partial charge in [-0.15, -0.1) is 0 Å². The third-order valence-electron chi connectivity index (χ3n) is 3.61. The molecule has 3 nitrogen and oxygen atoms in total. The van der Waals surface area contributed by atoms with Crippen LogP contribution in [0.15, 0.2) is 12.2 Å². The molecule has 0 spiro atoms. The third kappa shape index (κ3) is 11.0. The summed E-state index contributed by atoms with van der Waals surface area (Å²) in [6, 6.07) is 0. The van der Waals surface area contributed by atoms with E-state index in [0.717, 1.165) is 17.3 Å². The Balaban J connectivity index is 3.47. The second-order valence-electron chi connectivity index (χ2n) is 6.42. The molecular weight excluding hydrogens is 250 g/mol. The lowest BCUT2D eigenvalue weighted by atomic mass is 10.1. The van der Waals surface area contributed by atoms with E-state index in [1.165, 1.54) is 45.2 Å². The van der Waals surface area contributed by atoms with E-state index in [0.29, 0.717) is 12.2 Å². The van der Waals surface area contributed by atoms with Crippen molar-refractivity contribution in [3.05, 3.63) is 12.2 Å². The Morgan fingerprint density at radius 3 is 2.10 bits per heavy atom. The van der Waals surface area contributed by atoms with Gasteiger partial charge < -0.3 is 9.22 Å². The summed E-state index contributed by atoms with van der Waals surface area (Å²) >= 11 is 0. The van der Waals surface area contributed by atoms with Crippen LogP contribution in [-0.4, -0.2) is 44.2 Å². The number of rotatable bonds is 12. The molecule has 0 unspecified atom stereocenters. The molecule has 0 aromatic rings. The smallest absolute Gasteiger partial charge is 0.333 e. The highest BCUT2D eigenvalue weighted by Crippen LogP contribution is 2.08. The lowest BCUT2D eigenvalue weighted by Crippen LogP contribution is -2.41. The number of unbranched alkanes of at least 4 members (excludes halogenated alkanes) is 5. The van der Waals surface area contributed by atoms with Gasteiger partial charge in [-0.05, 0) is 45.4 Å². The number of esters is 1. The van der Waals surface area contributed by atoms with Crippen LogP contribution in [-0.2, 0) is 9.53 Å². The molecule has 0 aromatic carbocycles. The average Bonchev–Trinajstić information content (AvgIpc) is 2.37. The van der Waals surface area contributed by atoms with Gasteiger partial charge in [0.05, 0.1) is 33.8 Å². The lowest BCUT2D eigenvalue weighted by molar-refractivity contribution is -0.890. The fourth-order valence-electron chi connectivity index (χ4n) is 2.19. The summed E-state index contributed by atoms with van der Waals surface area (Å²) in [5.41, 5.74) is 0.483. The lowest BCUT2D eigenvalue weighted by Gasteiger charge is -2.29. The van der Waals surface area contributed by atoms with Crippen LogP contribution >= 0.6 is 0 Å². The molecule has 0 fully saturated rings. The zero-order chi connectivity index (χ0) is 15.4. The SMILES string of the molecule is C=C(C)C(=O)OCCCCCC[N+](C)(C)CCCCC. The zero-order valence-electron chi connectivity index (χ0n) is 14.0. The molecule has 0 bridgehead atoms. The van der Waals surface area contributed by atoms with Gasteiger partial charge in [0.15, 0.2) is 0 Å². The number of quaternary nitrogens is 1. The van der Waals surface area contributed by atoms with Gasteiger partial charge in [0.25, 0.3) is 0 Å². The molecule has 0 radical (unpaired) electrons. The van der Waals surface area contributed by atoms with E-state index in [-0.39, 0.29) is 5.97 Å². The maximum atomic E-state index is 11.2. The number of nitrogens with zero attached hydrogens (tertiary/aromatic N) is 1. The molecule has 0 saturated heterocycles. The van der Waals surface area contributed by atoms with E-state index in [1.807, 2.05) is 0 Å². The van der Waals surface area contributed by atoms with Crippen LogP contribution in [0.5, 0.6) is 0 Å². The largest absolute Gasteiger partial charge is 0.462 e. The first-order valence-corrected chi connectivity index (χ1v) is 8.03. The summed E-state index contributed by atoms with van der Waals surface area (Å²) in [5, 5.41) is 0. The van der Waals surface area contributed by atoms with Crippen LogP contribution in [0.1, 0.15) is 58.8 Å². The summed E-state index contributed by atoms with van der Waals surface area (Å²) in [6.45, 7) is 10.6. The van der Waals surface area contributed by atoms with E-state index in [1.54, 1.807) is 6.92 Å². The molecule has 0 rings (SSSR count). The normalized spacial score (nSPS) is 11.4. The van der Waals surface area contributed by atoms with E-state index >= 15 is 0 Å². The third-order valence-corrected chi connectivity index (χ3v) is 3.61. The molecule has 0 amide bonds. The maximum Gasteiger partial charge on any atom is 0.333 e. The monoisotopic (exact) mass is 284 g/mol. The van der Waals surface area contributed by atoms with Gasteiger partial charge in [0.1, 0.15) is 0 Å². The Hall–Kier alpha value is -0.830. The minimum Gasteiger partial charge on any atom is -0.462 e. The fourth-order valence-corrected chi connectivity index (χ4v) is 2.19. The van der Waals surface area contributed by atoms with Crippen molar-refractivity contribution in [1.29, 1.82) is 0 Å². The van der Waals surface area contributed by atoms with Gasteiger partial charge in [-0.2, -0.15) is 0 Å². The first-order chi connectivity index (χ1) is 9.39. The van der Waals surface area contributed by atoms with Crippen LogP contribution in [0.3, 0.4) is 0 Å². The van der Waals surface area contributed by atoms with Crippen LogP contribution in [0.2, 0.25) is 0 Å². The Bertz CT molecular complexity index is 285. The number of ether oxygens (including phenoxy) is 1. The zero-order valence-corrected chi connectivity index (χ0v) is 14.0. The van der Waals surface area contributed by atoms with Gasteiger partial charge in [0.2, 0.25) is 0 Å². The fraction of sp³-hybridized carbons (Fsp3) is 0.824. The molecule has 20 heavy (non-hydrogen) atoms. The molecule has 0 saturated carbocycles. The van der Waals surface area contributed by atoms with Crippen LogP contribution in [0.25, 0.3) is 0 Å². The molecular formula is C17H34NO2+. The van der Waals surface area contributed by atoms with Gasteiger partial charge in [-0.1, -0.05) is 19.9 Å². The molecule has 0 atom stereocenters. The maximum absolute atomic E-state index is 11.2. The summed E-state index contributed by atoms with van der Waals surface area (Å²) in [6.07, 6.45) is 8.55. The Kier molecular flexibility index (Phi) is 10.4. The van der Waals surface area contributed by atoms with Gasteiger partial charge in [-0.25, -0.2) is 4.79 Å². The highest BCUT2D eigenvalue weighted by Gasteiger charge is 2.13. The second kappa shape index (κ2) is 10.9. The van der Waals surface area contributed by atoms with Gasteiger partial charge >= 0.3 is 5.97 Å². The first kappa shape index (κ1) is 19.2. The Morgan fingerprint density at radius 1 is 1.00 bits per heavy atom. The van der Waals surface area contributed by atoms with Crippen LogP contribution in [0, 0.1) is 0 Å². The summed E-state index contributed by atoms with van der Waals surface area (Å²) in [7, 11) is 4.65. The van der Waals surface area contributed by atoms with Gasteiger partial charge in [0, 0.05) is 5.57 Å². The number of hydrogen-bond donors (Lipinski definition) is 0. The van der Waals surface area contributed by atoms with Crippen molar-refractivity contribution in [3.63, 3.8) is 0 Å². The van der Waals surface area contributed by atoms with Crippen molar-refractivity contribution >= 4 is 5.97 Å². The molecule has 0 heterocycles. The molecule has 3 heteroatoms. The Labute approximate surface area is 125 Å². The van der Waals surface area contributed by atoms with E-state index < -0.39 is 0 Å². The average molecular weight is 284 g/mol. The highest BCUT2D eigenvalue weighted by molar-refractivity contribution is 5.86. The van der Waals surface area contributed by atoms with Crippen molar-refractivity contribution in [2.45, 2.75) is 58.8 Å². The molecule has 0 aliphatic carbocycles. The number of carbonyl (C=O) groups is 1. The van der Waals surface area contributed by atoms with Gasteiger partial charge in [-0.3, -0.25) is 0 Å². The second-order valence-corrected chi connectivity index (χ2v) is 6.42. The summed E-state index contributed by atoms with van der Waals surface area (Å²) in [5.74, 6) is -0.265.